The number of methoxy groups -OCH3 is 1. The van der Waals surface area contributed by atoms with Crippen LogP contribution in [0.3, 0.4) is 0 Å². The molecule has 0 amide bonds. The minimum atomic E-state index is 0.110. The number of benzene rings is 2. The summed E-state index contributed by atoms with van der Waals surface area (Å²) in [4.78, 5) is 7.75. The van der Waals surface area contributed by atoms with Crippen LogP contribution in [0.1, 0.15) is 74.4 Å². The maximum atomic E-state index is 6.43. The summed E-state index contributed by atoms with van der Waals surface area (Å²) >= 11 is 0. The van der Waals surface area contributed by atoms with Crippen LogP contribution in [0.4, 0.5) is 0 Å². The molecule has 1 aromatic heterocycles. The third-order valence-electron chi connectivity index (χ3n) is 7.38. The predicted molar refractivity (Wildman–Crippen MR) is 149 cm³/mol. The molecule has 0 radical (unpaired) electrons. The molecule has 2 heterocycles. The fraction of sp³-hybridized carbons (Fsp3) is 0.469. The third kappa shape index (κ3) is 5.92. The maximum Gasteiger partial charge on any atom is 0.128 e. The molecule has 36 heavy (non-hydrogen) atoms. The lowest BCUT2D eigenvalue weighted by molar-refractivity contribution is 0.191. The van der Waals surface area contributed by atoms with Crippen LogP contribution < -0.4 is 9.47 Å². The second-order valence-electron chi connectivity index (χ2n) is 10.2. The lowest BCUT2D eigenvalue weighted by Gasteiger charge is -2.34. The zero-order chi connectivity index (χ0) is 25.7. The first-order valence-corrected chi connectivity index (χ1v) is 13.6. The topological polar surface area (TPSA) is 34.6 Å². The minimum absolute atomic E-state index is 0.110. The molecule has 0 spiro atoms. The number of likely N-dealkylation sites (tertiary alicyclic amines) is 1. The molecule has 4 rings (SSSR count). The van der Waals surface area contributed by atoms with Gasteiger partial charge in [-0.15, -0.1) is 0 Å². The summed E-state index contributed by atoms with van der Waals surface area (Å²) in [5.74, 6) is 2.43. The van der Waals surface area contributed by atoms with Crippen molar-refractivity contribution in [3.8, 4) is 22.8 Å². The van der Waals surface area contributed by atoms with Crippen LogP contribution in [0.15, 0.2) is 48.5 Å². The van der Waals surface area contributed by atoms with E-state index in [0.717, 1.165) is 55.4 Å². The highest BCUT2D eigenvalue weighted by Crippen LogP contribution is 2.35. The van der Waals surface area contributed by atoms with Gasteiger partial charge in [0.25, 0.3) is 0 Å². The smallest absolute Gasteiger partial charge is 0.128 e. The molecule has 1 aliphatic rings. The van der Waals surface area contributed by atoms with Gasteiger partial charge in [0.2, 0.25) is 0 Å². The molecule has 0 bridgehead atoms. The number of aromatic nitrogens is 1. The largest absolute Gasteiger partial charge is 0.497 e. The molecule has 0 N–H and O–H groups in total. The van der Waals surface area contributed by atoms with Crippen molar-refractivity contribution in [1.82, 2.24) is 9.88 Å². The van der Waals surface area contributed by atoms with Gasteiger partial charge in [-0.2, -0.15) is 0 Å². The second kappa shape index (κ2) is 11.9. The first kappa shape index (κ1) is 26.2. The Morgan fingerprint density at radius 2 is 1.72 bits per heavy atom. The van der Waals surface area contributed by atoms with Gasteiger partial charge in [-0.1, -0.05) is 44.2 Å². The van der Waals surface area contributed by atoms with Gasteiger partial charge in [0.1, 0.15) is 11.5 Å². The monoisotopic (exact) mass is 486 g/mol. The molecular formula is C32H42N2O2. The van der Waals surface area contributed by atoms with Gasteiger partial charge >= 0.3 is 0 Å². The number of aryl methyl sites for hydroxylation is 3. The quantitative estimate of drug-likeness (QED) is 0.316. The van der Waals surface area contributed by atoms with Crippen LogP contribution in [0.25, 0.3) is 11.3 Å². The molecule has 1 saturated heterocycles. The SMILES string of the molecule is CCc1cccc(CC)c1-c1cc(OC(C)C)c(CN2CCCC(c3ccc(OC)cc3)C2)c(C)n1. The summed E-state index contributed by atoms with van der Waals surface area (Å²) < 4.78 is 11.8. The zero-order valence-corrected chi connectivity index (χ0v) is 22.9. The van der Waals surface area contributed by atoms with Crippen LogP contribution >= 0.6 is 0 Å². The van der Waals surface area contributed by atoms with Crippen molar-refractivity contribution in [2.75, 3.05) is 20.2 Å². The standard InChI is InChI=1S/C32H42N2O2/c1-7-24-11-9-12-25(8-2)32(24)30-19-31(36-22(3)4)29(23(5)33-30)21-34-18-10-13-27(20-34)26-14-16-28(35-6)17-15-26/h9,11-12,14-17,19,22,27H,7-8,10,13,18,20-21H2,1-6H3. The number of piperidine rings is 1. The van der Waals surface area contributed by atoms with E-state index in [1.54, 1.807) is 7.11 Å². The van der Waals surface area contributed by atoms with Gasteiger partial charge in [-0.25, -0.2) is 0 Å². The van der Waals surface area contributed by atoms with Gasteiger partial charge in [-0.05, 0) is 87.7 Å². The average Bonchev–Trinajstić information content (AvgIpc) is 2.89. The summed E-state index contributed by atoms with van der Waals surface area (Å²) in [6.07, 6.45) is 4.52. The Bertz CT molecular complexity index is 1130. The van der Waals surface area contributed by atoms with E-state index in [4.69, 9.17) is 14.5 Å². The fourth-order valence-corrected chi connectivity index (χ4v) is 5.49. The number of hydrogen-bond acceptors (Lipinski definition) is 4. The predicted octanol–water partition coefficient (Wildman–Crippen LogP) is 7.36. The molecular weight excluding hydrogens is 444 g/mol. The lowest BCUT2D eigenvalue weighted by atomic mass is 9.90. The zero-order valence-electron chi connectivity index (χ0n) is 22.9. The highest BCUT2D eigenvalue weighted by Gasteiger charge is 2.24. The molecule has 1 fully saturated rings. The molecule has 3 aromatic rings. The van der Waals surface area contributed by atoms with Crippen molar-refractivity contribution in [1.29, 1.82) is 0 Å². The van der Waals surface area contributed by atoms with Crippen molar-refractivity contribution >= 4 is 0 Å². The highest BCUT2D eigenvalue weighted by atomic mass is 16.5. The summed E-state index contributed by atoms with van der Waals surface area (Å²) in [7, 11) is 1.72. The molecule has 1 aliphatic heterocycles. The van der Waals surface area contributed by atoms with Crippen molar-refractivity contribution in [3.63, 3.8) is 0 Å². The summed E-state index contributed by atoms with van der Waals surface area (Å²) in [6.45, 7) is 13.8. The number of pyridine rings is 1. The van der Waals surface area contributed by atoms with E-state index in [2.05, 4.69) is 88.0 Å². The molecule has 4 heteroatoms. The number of rotatable bonds is 9. The van der Waals surface area contributed by atoms with E-state index in [-0.39, 0.29) is 6.10 Å². The van der Waals surface area contributed by atoms with Crippen LogP contribution in [-0.2, 0) is 19.4 Å². The highest BCUT2D eigenvalue weighted by molar-refractivity contribution is 5.70. The Balaban J connectivity index is 1.64. The van der Waals surface area contributed by atoms with Crippen LogP contribution in [0.5, 0.6) is 11.5 Å². The van der Waals surface area contributed by atoms with E-state index in [1.165, 1.54) is 40.7 Å². The molecule has 1 atom stereocenters. The first-order chi connectivity index (χ1) is 17.4. The average molecular weight is 487 g/mol. The number of ether oxygens (including phenoxy) is 2. The Kier molecular flexibility index (Phi) is 8.68. The van der Waals surface area contributed by atoms with E-state index in [9.17, 15) is 0 Å². The Morgan fingerprint density at radius 1 is 1.03 bits per heavy atom. The Hall–Kier alpha value is -2.85. The van der Waals surface area contributed by atoms with Gasteiger partial charge in [0.05, 0.1) is 18.9 Å². The number of nitrogens with zero attached hydrogens (tertiary/aromatic N) is 2. The minimum Gasteiger partial charge on any atom is -0.497 e. The summed E-state index contributed by atoms with van der Waals surface area (Å²) in [5, 5.41) is 0. The van der Waals surface area contributed by atoms with E-state index >= 15 is 0 Å². The molecule has 0 aliphatic carbocycles. The van der Waals surface area contributed by atoms with E-state index in [1.807, 2.05) is 0 Å². The third-order valence-corrected chi connectivity index (χ3v) is 7.38. The Morgan fingerprint density at radius 3 is 2.33 bits per heavy atom. The van der Waals surface area contributed by atoms with Crippen molar-refractivity contribution in [2.24, 2.45) is 0 Å². The fourth-order valence-electron chi connectivity index (χ4n) is 5.49. The molecule has 1 unspecified atom stereocenters. The molecule has 4 nitrogen and oxygen atoms in total. The van der Waals surface area contributed by atoms with Crippen molar-refractivity contribution in [2.45, 2.75) is 78.9 Å². The summed E-state index contributed by atoms with van der Waals surface area (Å²) in [5.41, 5.74) is 8.70. The van der Waals surface area contributed by atoms with E-state index < -0.39 is 0 Å². The van der Waals surface area contributed by atoms with Crippen LogP contribution in [0, 0.1) is 6.92 Å². The van der Waals surface area contributed by atoms with E-state index in [0.29, 0.717) is 5.92 Å². The van der Waals surface area contributed by atoms with Gasteiger partial charge in [0.15, 0.2) is 0 Å². The van der Waals surface area contributed by atoms with Crippen molar-refractivity contribution < 1.29 is 9.47 Å². The molecule has 0 saturated carbocycles. The normalized spacial score (nSPS) is 16.4. The first-order valence-electron chi connectivity index (χ1n) is 13.6. The summed E-state index contributed by atoms with van der Waals surface area (Å²) in [6, 6.07) is 17.4. The maximum absolute atomic E-state index is 6.43. The van der Waals surface area contributed by atoms with Gasteiger partial charge in [0, 0.05) is 36.0 Å². The second-order valence-corrected chi connectivity index (χ2v) is 10.2. The Labute approximate surface area is 217 Å². The molecule has 192 valence electrons. The van der Waals surface area contributed by atoms with Gasteiger partial charge in [-0.3, -0.25) is 9.88 Å². The molecule has 2 aromatic carbocycles. The van der Waals surface area contributed by atoms with Gasteiger partial charge < -0.3 is 9.47 Å². The van der Waals surface area contributed by atoms with Crippen LogP contribution in [0.2, 0.25) is 0 Å². The number of hydrogen-bond donors (Lipinski definition) is 0. The van der Waals surface area contributed by atoms with Crippen molar-refractivity contribution in [3.05, 3.63) is 76.5 Å². The lowest BCUT2D eigenvalue weighted by Crippen LogP contribution is -2.34. The van der Waals surface area contributed by atoms with Crippen LogP contribution in [-0.4, -0.2) is 36.2 Å².